The predicted molar refractivity (Wildman–Crippen MR) is 122 cm³/mol. The fraction of sp³-hybridized carbons (Fsp3) is 0.250. The van der Waals surface area contributed by atoms with Crippen LogP contribution in [0.2, 0.25) is 5.15 Å². The van der Waals surface area contributed by atoms with Crippen molar-refractivity contribution in [1.29, 1.82) is 0 Å². The summed E-state index contributed by atoms with van der Waals surface area (Å²) in [5.41, 5.74) is -0.469. The number of nitrogens with zero attached hydrogens (tertiary/aromatic N) is 2. The average molecular weight is 496 g/mol. The summed E-state index contributed by atoms with van der Waals surface area (Å²) in [5.74, 6) is -1.46. The molecule has 1 aromatic heterocycles. The minimum Gasteiger partial charge on any atom is -0.443 e. The first-order valence-corrected chi connectivity index (χ1v) is 10.5. The van der Waals surface area contributed by atoms with Crippen LogP contribution in [-0.2, 0) is 10.9 Å². The summed E-state index contributed by atoms with van der Waals surface area (Å²) >= 11 is 6.07. The summed E-state index contributed by atoms with van der Waals surface area (Å²) in [6, 6.07) is 5.61. The number of aromatic nitrogens is 1. The van der Waals surface area contributed by atoms with Gasteiger partial charge in [0.15, 0.2) is 0 Å². The molecule has 10 heteroatoms. The third-order valence-electron chi connectivity index (χ3n) is 4.49. The number of aryl methyl sites for hydroxylation is 1. The molecular formula is C24H22ClF4N3O2. The Morgan fingerprint density at radius 3 is 2.41 bits per heavy atom. The highest BCUT2D eigenvalue weighted by Gasteiger charge is 2.36. The quantitative estimate of drug-likeness (QED) is 0.368. The van der Waals surface area contributed by atoms with Crippen LogP contribution < -0.4 is 10.2 Å². The van der Waals surface area contributed by atoms with Crippen molar-refractivity contribution in [1.82, 2.24) is 10.3 Å². The SMILES string of the molecule is C=C1C=C(N(C(=O)OC(C)(C)C)c2ccc(F)c(C(F)(F)F)c2)C=C(c2cc(C)nc(Cl)c2)N1. The number of carbonyl (C=O) groups excluding carboxylic acids is 1. The number of dihydropyridines is 1. The maximum atomic E-state index is 13.9. The van der Waals surface area contributed by atoms with E-state index in [9.17, 15) is 22.4 Å². The van der Waals surface area contributed by atoms with E-state index >= 15 is 0 Å². The summed E-state index contributed by atoms with van der Waals surface area (Å²) in [6.07, 6.45) is -2.93. The predicted octanol–water partition coefficient (Wildman–Crippen LogP) is 6.98. The van der Waals surface area contributed by atoms with Crippen LogP contribution >= 0.6 is 11.6 Å². The van der Waals surface area contributed by atoms with E-state index in [1.54, 1.807) is 39.8 Å². The van der Waals surface area contributed by atoms with Crippen LogP contribution in [0, 0.1) is 12.7 Å². The van der Waals surface area contributed by atoms with Crippen LogP contribution in [0.1, 0.15) is 37.6 Å². The zero-order valence-electron chi connectivity index (χ0n) is 18.8. The van der Waals surface area contributed by atoms with E-state index in [2.05, 4.69) is 16.9 Å². The lowest BCUT2D eigenvalue weighted by atomic mass is 10.1. The fourth-order valence-corrected chi connectivity index (χ4v) is 3.47. The van der Waals surface area contributed by atoms with Crippen LogP contribution in [-0.4, -0.2) is 16.7 Å². The van der Waals surface area contributed by atoms with Crippen molar-refractivity contribution in [2.45, 2.75) is 39.5 Å². The van der Waals surface area contributed by atoms with Gasteiger partial charge in [0.2, 0.25) is 0 Å². The van der Waals surface area contributed by atoms with Crippen molar-refractivity contribution >= 4 is 29.1 Å². The molecule has 0 atom stereocenters. The topological polar surface area (TPSA) is 54.5 Å². The molecular weight excluding hydrogens is 474 g/mol. The molecule has 0 spiro atoms. The highest BCUT2D eigenvalue weighted by Crippen LogP contribution is 2.36. The first-order valence-electron chi connectivity index (χ1n) is 10.1. The monoisotopic (exact) mass is 495 g/mol. The van der Waals surface area contributed by atoms with E-state index in [1.165, 1.54) is 12.2 Å². The molecule has 0 fully saturated rings. The first-order chi connectivity index (χ1) is 15.6. The molecule has 1 aromatic carbocycles. The number of hydrogen-bond donors (Lipinski definition) is 1. The third kappa shape index (κ3) is 5.96. The van der Waals surface area contributed by atoms with E-state index in [0.717, 1.165) is 11.0 Å². The third-order valence-corrected chi connectivity index (χ3v) is 4.68. The minimum atomic E-state index is -4.96. The molecule has 0 unspecified atom stereocenters. The molecule has 0 aliphatic carbocycles. The van der Waals surface area contributed by atoms with Gasteiger partial charge in [0, 0.05) is 22.7 Å². The summed E-state index contributed by atoms with van der Waals surface area (Å²) in [5, 5.41) is 3.27. The van der Waals surface area contributed by atoms with E-state index in [1.807, 2.05) is 0 Å². The number of pyridine rings is 1. The number of amides is 1. The number of ether oxygens (including phenoxy) is 1. The van der Waals surface area contributed by atoms with Crippen molar-refractivity contribution in [3.63, 3.8) is 0 Å². The zero-order valence-corrected chi connectivity index (χ0v) is 19.6. The van der Waals surface area contributed by atoms with Gasteiger partial charge in [-0.05, 0) is 70.2 Å². The van der Waals surface area contributed by atoms with Crippen LogP contribution in [0.25, 0.3) is 5.70 Å². The second kappa shape index (κ2) is 9.13. The van der Waals surface area contributed by atoms with Crippen molar-refractivity contribution < 1.29 is 27.1 Å². The Morgan fingerprint density at radius 1 is 1.15 bits per heavy atom. The Balaban J connectivity index is 2.17. The number of rotatable bonds is 3. The Bertz CT molecular complexity index is 1190. The van der Waals surface area contributed by atoms with E-state index < -0.39 is 29.3 Å². The van der Waals surface area contributed by atoms with Gasteiger partial charge in [-0.1, -0.05) is 18.2 Å². The van der Waals surface area contributed by atoms with Gasteiger partial charge >= 0.3 is 12.3 Å². The van der Waals surface area contributed by atoms with Gasteiger partial charge < -0.3 is 10.1 Å². The van der Waals surface area contributed by atoms with Crippen LogP contribution in [0.3, 0.4) is 0 Å². The van der Waals surface area contributed by atoms with Crippen LogP contribution in [0.15, 0.2) is 60.5 Å². The zero-order chi connectivity index (χ0) is 25.4. The van der Waals surface area contributed by atoms with Gasteiger partial charge in [0.1, 0.15) is 16.6 Å². The smallest absolute Gasteiger partial charge is 0.419 e. The number of anilines is 1. The Hall–Kier alpha value is -3.33. The highest BCUT2D eigenvalue weighted by atomic mass is 35.5. The second-order valence-electron chi connectivity index (χ2n) is 8.58. The molecule has 1 amide bonds. The van der Waals surface area contributed by atoms with Gasteiger partial charge in [0.05, 0.1) is 16.9 Å². The maximum absolute atomic E-state index is 13.9. The number of hydrogen-bond acceptors (Lipinski definition) is 4. The largest absolute Gasteiger partial charge is 0.443 e. The number of nitrogens with one attached hydrogen (secondary N) is 1. The van der Waals surface area contributed by atoms with Gasteiger partial charge in [-0.15, -0.1) is 0 Å². The number of halogens is 5. The van der Waals surface area contributed by atoms with E-state index in [-0.39, 0.29) is 16.5 Å². The summed E-state index contributed by atoms with van der Waals surface area (Å²) in [6.45, 7) is 10.5. The number of carbonyl (C=O) groups is 1. The number of alkyl halides is 3. The first kappa shape index (κ1) is 25.3. The molecule has 5 nitrogen and oxygen atoms in total. The van der Waals surface area contributed by atoms with Gasteiger partial charge in [-0.2, -0.15) is 13.2 Å². The lowest BCUT2D eigenvalue weighted by Gasteiger charge is -2.30. The molecule has 2 heterocycles. The lowest BCUT2D eigenvalue weighted by Crippen LogP contribution is -2.37. The number of benzene rings is 1. The van der Waals surface area contributed by atoms with Gasteiger partial charge in [-0.3, -0.25) is 0 Å². The molecule has 34 heavy (non-hydrogen) atoms. The van der Waals surface area contributed by atoms with Gasteiger partial charge in [0.25, 0.3) is 0 Å². The van der Waals surface area contributed by atoms with E-state index in [4.69, 9.17) is 16.3 Å². The van der Waals surface area contributed by atoms with Crippen LogP contribution in [0.4, 0.5) is 28.0 Å². The molecule has 1 aliphatic heterocycles. The summed E-state index contributed by atoms with van der Waals surface area (Å²) < 4.78 is 59.5. The molecule has 3 rings (SSSR count). The molecule has 1 N–H and O–H groups in total. The molecule has 0 bridgehead atoms. The molecule has 1 aliphatic rings. The number of allylic oxidation sites excluding steroid dienone is 2. The van der Waals surface area contributed by atoms with Crippen molar-refractivity contribution in [2.24, 2.45) is 0 Å². The Labute approximate surface area is 199 Å². The molecule has 2 aromatic rings. The van der Waals surface area contributed by atoms with Crippen molar-refractivity contribution in [2.75, 3.05) is 4.90 Å². The van der Waals surface area contributed by atoms with Crippen molar-refractivity contribution in [3.8, 4) is 0 Å². The molecule has 180 valence electrons. The normalized spacial score (nSPS) is 14.2. The molecule has 0 radical (unpaired) electrons. The summed E-state index contributed by atoms with van der Waals surface area (Å²) in [4.78, 5) is 18.2. The fourth-order valence-electron chi connectivity index (χ4n) is 3.22. The maximum Gasteiger partial charge on any atom is 0.419 e. The van der Waals surface area contributed by atoms with Crippen molar-refractivity contribution in [3.05, 3.63) is 88.2 Å². The minimum absolute atomic E-state index is 0.151. The molecule has 0 saturated carbocycles. The average Bonchev–Trinajstić information content (AvgIpc) is 2.66. The molecule has 0 saturated heterocycles. The standard InChI is InChI=1S/C24H22ClF4N3O2/c1-13-8-15(10-21(25)31-13)20-12-17(9-14(2)30-20)32(22(33)34-23(3,4)5)16-6-7-19(26)18(11-16)24(27,28)29/h6-12,30H,2H2,1,3-5H3. The van der Waals surface area contributed by atoms with Crippen LogP contribution in [0.5, 0.6) is 0 Å². The van der Waals surface area contributed by atoms with E-state index in [0.29, 0.717) is 34.8 Å². The highest BCUT2D eigenvalue weighted by molar-refractivity contribution is 6.29. The lowest BCUT2D eigenvalue weighted by molar-refractivity contribution is -0.139. The van der Waals surface area contributed by atoms with Gasteiger partial charge in [-0.25, -0.2) is 19.1 Å². The summed E-state index contributed by atoms with van der Waals surface area (Å²) in [7, 11) is 0. The second-order valence-corrected chi connectivity index (χ2v) is 8.96. The Kier molecular flexibility index (Phi) is 6.80. The Morgan fingerprint density at radius 2 is 1.82 bits per heavy atom.